The fourth-order valence-electron chi connectivity index (χ4n) is 2.64. The molecule has 2 rings (SSSR count). The summed E-state index contributed by atoms with van der Waals surface area (Å²) in [6.45, 7) is 4.20. The average Bonchev–Trinajstić information content (AvgIpc) is 3.00. The number of aliphatic hydroxyl groups is 1. The number of carbonyl (C=O) groups is 1. The molecule has 1 amide bonds. The Morgan fingerprint density at radius 1 is 1.52 bits per heavy atom. The lowest BCUT2D eigenvalue weighted by atomic mass is 10.1. The number of amides is 1. The Hall–Kier alpha value is -2.50. The van der Waals surface area contributed by atoms with Gasteiger partial charge in [0, 0.05) is 12.1 Å². The van der Waals surface area contributed by atoms with Crippen molar-refractivity contribution in [2.45, 2.75) is 51.6 Å². The van der Waals surface area contributed by atoms with E-state index in [0.717, 1.165) is 10.7 Å². The van der Waals surface area contributed by atoms with Crippen LogP contribution in [0.4, 0.5) is 19.0 Å². The van der Waals surface area contributed by atoms with Crippen molar-refractivity contribution >= 4 is 17.4 Å². The molecule has 9 nitrogen and oxygen atoms in total. The van der Waals surface area contributed by atoms with Gasteiger partial charge < -0.3 is 15.2 Å². The molecule has 1 N–H and O–H groups in total. The molecular weight excluding hydrogens is 347 g/mol. The van der Waals surface area contributed by atoms with E-state index < -0.39 is 41.0 Å². The molecule has 0 radical (unpaired) electrons. The molecule has 0 unspecified atom stereocenters. The predicted octanol–water partition coefficient (Wildman–Crippen LogP) is 1.91. The van der Waals surface area contributed by atoms with E-state index in [1.54, 1.807) is 0 Å². The Kier molecular flexibility index (Phi) is 4.59. The van der Waals surface area contributed by atoms with Crippen LogP contribution in [0, 0.1) is 17.0 Å². The number of alkyl halides is 3. The number of hydrogen-bond acceptors (Lipinski definition) is 6. The van der Waals surface area contributed by atoms with Crippen LogP contribution in [0.1, 0.15) is 38.4 Å². The van der Waals surface area contributed by atoms with Gasteiger partial charge in [0.1, 0.15) is 0 Å². The highest BCUT2D eigenvalue weighted by Gasteiger charge is 2.63. The number of rotatable bonds is 4. The van der Waals surface area contributed by atoms with Crippen LogP contribution in [0.15, 0.2) is 11.2 Å². The first kappa shape index (κ1) is 18.8. The first-order valence-electron chi connectivity index (χ1n) is 7.30. The molecule has 12 heteroatoms. The number of nitrogens with zero attached hydrogens (tertiary/aromatic N) is 5. The second-order valence-electron chi connectivity index (χ2n) is 5.75. The minimum absolute atomic E-state index is 0.00247. The van der Waals surface area contributed by atoms with Gasteiger partial charge in [-0.2, -0.15) is 28.0 Å². The third-order valence-corrected chi connectivity index (χ3v) is 3.85. The highest BCUT2D eigenvalue weighted by Crippen LogP contribution is 2.41. The van der Waals surface area contributed by atoms with Crippen LogP contribution < -0.4 is 0 Å². The van der Waals surface area contributed by atoms with E-state index in [1.807, 2.05) is 0 Å². The molecule has 138 valence electrons. The van der Waals surface area contributed by atoms with Gasteiger partial charge in [-0.15, -0.1) is 0 Å². The topological polar surface area (TPSA) is 114 Å². The molecule has 0 bridgehead atoms. The molecule has 1 aliphatic rings. The summed E-state index contributed by atoms with van der Waals surface area (Å²) in [6.07, 6.45) is -5.98. The molecule has 0 aliphatic carbocycles. The summed E-state index contributed by atoms with van der Waals surface area (Å²) >= 11 is 0. The zero-order chi connectivity index (χ0) is 19.2. The molecule has 1 aromatic heterocycles. The molecule has 0 aromatic carbocycles. The maximum atomic E-state index is 13.3. The molecule has 1 aromatic rings. The molecule has 0 saturated carbocycles. The maximum absolute atomic E-state index is 13.3. The number of hydrazone groups is 1. The molecule has 2 atom stereocenters. The normalized spacial score (nSPS) is 22.0. The average molecular weight is 363 g/mol. The van der Waals surface area contributed by atoms with Gasteiger partial charge in [0.25, 0.3) is 11.6 Å². The minimum atomic E-state index is -5.12. The van der Waals surface area contributed by atoms with E-state index >= 15 is 0 Å². The number of nitro groups is 1. The van der Waals surface area contributed by atoms with Crippen LogP contribution in [0.2, 0.25) is 0 Å². The fourth-order valence-corrected chi connectivity index (χ4v) is 2.64. The predicted molar refractivity (Wildman–Crippen MR) is 78.5 cm³/mol. The van der Waals surface area contributed by atoms with Gasteiger partial charge in [0.2, 0.25) is 0 Å². The minimum Gasteiger partial charge on any atom is -0.362 e. The highest BCUT2D eigenvalue weighted by atomic mass is 19.4. The first-order valence-corrected chi connectivity index (χ1v) is 7.30. The third kappa shape index (κ3) is 3.08. The van der Waals surface area contributed by atoms with Crippen LogP contribution in [0.3, 0.4) is 0 Å². The Labute approximate surface area is 139 Å². The molecule has 0 fully saturated rings. The molecule has 1 aliphatic heterocycles. The molecule has 0 saturated heterocycles. The lowest BCUT2D eigenvalue weighted by Crippen LogP contribution is -2.57. The quantitative estimate of drug-likeness (QED) is 0.648. The van der Waals surface area contributed by atoms with Crippen LogP contribution in [-0.2, 0) is 4.79 Å². The van der Waals surface area contributed by atoms with Gasteiger partial charge in [-0.1, -0.05) is 6.92 Å². The van der Waals surface area contributed by atoms with Crippen LogP contribution in [-0.4, -0.2) is 48.3 Å². The van der Waals surface area contributed by atoms with Gasteiger partial charge in [0.15, 0.2) is 6.04 Å². The summed E-state index contributed by atoms with van der Waals surface area (Å²) in [4.78, 5) is 22.7. The Morgan fingerprint density at radius 2 is 2.12 bits per heavy atom. The molecule has 25 heavy (non-hydrogen) atoms. The Bertz CT molecular complexity index is 745. The van der Waals surface area contributed by atoms with Crippen molar-refractivity contribution in [1.82, 2.24) is 14.8 Å². The summed E-state index contributed by atoms with van der Waals surface area (Å²) in [5.74, 6) is -1.68. The van der Waals surface area contributed by atoms with E-state index in [9.17, 15) is 33.2 Å². The maximum Gasteiger partial charge on any atom is 0.438 e. The lowest BCUT2D eigenvalue weighted by Gasteiger charge is -2.34. The molecule has 0 spiro atoms. The number of aryl methyl sites for hydroxylation is 1. The van der Waals surface area contributed by atoms with E-state index in [-0.39, 0.29) is 22.8 Å². The van der Waals surface area contributed by atoms with Crippen molar-refractivity contribution in [1.29, 1.82) is 0 Å². The number of aromatic nitrogens is 2. The summed E-state index contributed by atoms with van der Waals surface area (Å²) < 4.78 is 40.7. The summed E-state index contributed by atoms with van der Waals surface area (Å²) in [6, 6.07) is -0.179. The fraction of sp³-hybridized carbons (Fsp3) is 0.615. The van der Waals surface area contributed by atoms with Crippen LogP contribution >= 0.6 is 0 Å². The van der Waals surface area contributed by atoms with Crippen molar-refractivity contribution in [3.8, 4) is 0 Å². The summed E-state index contributed by atoms with van der Waals surface area (Å²) in [7, 11) is 0. The SMILES string of the molecule is CC[C@H](C(=O)N1N=C(C)C[C@@]1(O)C(F)(F)F)n1nc([N+](=O)[O-])cc1C. The van der Waals surface area contributed by atoms with Gasteiger partial charge >= 0.3 is 12.0 Å². The van der Waals surface area contributed by atoms with Gasteiger partial charge in [-0.3, -0.25) is 4.79 Å². The highest BCUT2D eigenvalue weighted by molar-refractivity contribution is 5.90. The second kappa shape index (κ2) is 6.10. The van der Waals surface area contributed by atoms with E-state index in [1.165, 1.54) is 20.8 Å². The Balaban J connectivity index is 2.44. The summed E-state index contributed by atoms with van der Waals surface area (Å²) in [5, 5.41) is 28.0. The molecular formula is C13H16F3N5O4. The summed E-state index contributed by atoms with van der Waals surface area (Å²) in [5.41, 5.74) is -3.29. The Morgan fingerprint density at radius 3 is 2.56 bits per heavy atom. The largest absolute Gasteiger partial charge is 0.438 e. The van der Waals surface area contributed by atoms with E-state index in [4.69, 9.17) is 0 Å². The zero-order valence-corrected chi connectivity index (χ0v) is 13.6. The van der Waals surface area contributed by atoms with Crippen molar-refractivity contribution in [3.05, 3.63) is 21.9 Å². The number of hydrogen-bond donors (Lipinski definition) is 1. The second-order valence-corrected chi connectivity index (χ2v) is 5.75. The lowest BCUT2D eigenvalue weighted by molar-refractivity contribution is -0.389. The van der Waals surface area contributed by atoms with Crippen LogP contribution in [0.25, 0.3) is 0 Å². The third-order valence-electron chi connectivity index (χ3n) is 3.85. The number of halogens is 3. The van der Waals surface area contributed by atoms with Crippen molar-refractivity contribution in [2.75, 3.05) is 0 Å². The van der Waals surface area contributed by atoms with Crippen molar-refractivity contribution in [3.63, 3.8) is 0 Å². The van der Waals surface area contributed by atoms with E-state index in [2.05, 4.69) is 10.2 Å². The van der Waals surface area contributed by atoms with Crippen LogP contribution in [0.5, 0.6) is 0 Å². The zero-order valence-electron chi connectivity index (χ0n) is 13.6. The first-order chi connectivity index (χ1) is 11.4. The van der Waals surface area contributed by atoms with Gasteiger partial charge in [0.05, 0.1) is 16.9 Å². The van der Waals surface area contributed by atoms with E-state index in [0.29, 0.717) is 0 Å². The standard InChI is InChI=1S/C13H16F3N5O4/c1-4-9(19-8(3)5-10(18-19)21(24)25)11(22)20-12(23,13(14,15)16)6-7(2)17-20/h5,9,23H,4,6H2,1-3H3/t9-,12-/m1/s1. The molecule has 2 heterocycles. The van der Waals surface area contributed by atoms with Gasteiger partial charge in [-0.05, 0) is 25.2 Å². The van der Waals surface area contributed by atoms with Crippen molar-refractivity contribution in [2.24, 2.45) is 5.10 Å². The van der Waals surface area contributed by atoms with Gasteiger partial charge in [-0.25, -0.2) is 0 Å². The van der Waals surface area contributed by atoms with Crippen molar-refractivity contribution < 1.29 is 28.0 Å². The monoisotopic (exact) mass is 363 g/mol. The smallest absolute Gasteiger partial charge is 0.362 e. The number of carbonyl (C=O) groups excluding carboxylic acids is 1.